The molecule has 0 unspecified atom stereocenters. The first-order chi connectivity index (χ1) is 20.0. The molecule has 0 spiro atoms. The molecule has 9 nitrogen and oxygen atoms in total. The molecule has 1 aromatic heterocycles. The van der Waals surface area contributed by atoms with Gasteiger partial charge in [-0.3, -0.25) is 14.5 Å². The largest absolute Gasteiger partial charge is 0.495 e. The number of amides is 1. The van der Waals surface area contributed by atoms with Crippen molar-refractivity contribution in [1.82, 2.24) is 19.9 Å². The van der Waals surface area contributed by atoms with Crippen molar-refractivity contribution in [2.45, 2.75) is 6.54 Å². The zero-order chi connectivity index (χ0) is 28.6. The molecular weight excluding hydrogens is 584 g/mol. The number of anilines is 2. The van der Waals surface area contributed by atoms with E-state index in [2.05, 4.69) is 47.4 Å². The normalized spacial score (nSPS) is 13.9. The first-order valence-electron chi connectivity index (χ1n) is 13.3. The number of ether oxygens (including phenoxy) is 1. The fourth-order valence-electron chi connectivity index (χ4n) is 4.66. The number of rotatable bonds is 10. The summed E-state index contributed by atoms with van der Waals surface area (Å²) in [5.41, 5.74) is 3.95. The van der Waals surface area contributed by atoms with Gasteiger partial charge >= 0.3 is 0 Å². The topological polar surface area (TPSA) is 92.6 Å². The lowest BCUT2D eigenvalue weighted by atomic mass is 10.1. The van der Waals surface area contributed by atoms with Gasteiger partial charge in [-0.15, -0.1) is 5.10 Å². The molecule has 1 N–H and O–H groups in total. The van der Waals surface area contributed by atoms with Gasteiger partial charge in [-0.05, 0) is 66.2 Å². The number of methoxy groups -OCH3 is 1. The standard InChI is InChI=1S/C31H31BrN6O3/c1-41-30-5-3-2-4-28(30)37-18-16-36(17-19-37)22-31(40)33-26-12-8-24(9-13-26)29(39)15-14-27-21-38(35-34-27)20-23-6-10-25(32)11-7-23/h2-15,21H,16-20,22H2,1H3,(H,33,40)/b15-14+. The second-order valence-electron chi connectivity index (χ2n) is 9.73. The van der Waals surface area contributed by atoms with Crippen molar-refractivity contribution < 1.29 is 14.3 Å². The van der Waals surface area contributed by atoms with E-state index in [4.69, 9.17) is 4.74 Å². The fraction of sp³-hybridized carbons (Fsp3) is 0.226. The van der Waals surface area contributed by atoms with Crippen LogP contribution in [-0.2, 0) is 11.3 Å². The van der Waals surface area contributed by atoms with E-state index < -0.39 is 0 Å². The van der Waals surface area contributed by atoms with E-state index in [0.29, 0.717) is 30.0 Å². The van der Waals surface area contributed by atoms with Gasteiger partial charge in [0.2, 0.25) is 5.91 Å². The molecule has 1 amide bonds. The minimum atomic E-state index is -0.154. The lowest BCUT2D eigenvalue weighted by Gasteiger charge is -2.36. The van der Waals surface area contributed by atoms with Crippen molar-refractivity contribution in [3.63, 3.8) is 0 Å². The van der Waals surface area contributed by atoms with Gasteiger partial charge in [0.1, 0.15) is 11.4 Å². The van der Waals surface area contributed by atoms with E-state index >= 15 is 0 Å². The van der Waals surface area contributed by atoms with Crippen molar-refractivity contribution in [1.29, 1.82) is 0 Å². The van der Waals surface area contributed by atoms with Gasteiger partial charge in [0, 0.05) is 41.9 Å². The molecule has 0 atom stereocenters. The summed E-state index contributed by atoms with van der Waals surface area (Å²) in [5.74, 6) is 0.621. The molecule has 5 rings (SSSR count). The fourth-order valence-corrected chi connectivity index (χ4v) is 4.92. The summed E-state index contributed by atoms with van der Waals surface area (Å²) in [7, 11) is 1.68. The highest BCUT2D eigenvalue weighted by Crippen LogP contribution is 2.28. The Bertz CT molecular complexity index is 1510. The highest BCUT2D eigenvalue weighted by molar-refractivity contribution is 9.10. The van der Waals surface area contributed by atoms with E-state index in [0.717, 1.165) is 47.7 Å². The molecule has 41 heavy (non-hydrogen) atoms. The van der Waals surface area contributed by atoms with E-state index in [9.17, 15) is 9.59 Å². The monoisotopic (exact) mass is 614 g/mol. The third-order valence-electron chi connectivity index (χ3n) is 6.84. The van der Waals surface area contributed by atoms with Crippen molar-refractivity contribution in [2.24, 2.45) is 0 Å². The van der Waals surface area contributed by atoms with Crippen LogP contribution in [-0.4, -0.2) is 71.4 Å². The number of carbonyl (C=O) groups is 2. The number of piperazine rings is 1. The van der Waals surface area contributed by atoms with Gasteiger partial charge in [0.05, 0.1) is 32.1 Å². The Hall–Kier alpha value is -4.28. The molecule has 210 valence electrons. The maximum absolute atomic E-state index is 12.7. The minimum Gasteiger partial charge on any atom is -0.495 e. The highest BCUT2D eigenvalue weighted by atomic mass is 79.9. The Kier molecular flexibility index (Phi) is 9.22. The SMILES string of the molecule is COc1ccccc1N1CCN(CC(=O)Nc2ccc(C(=O)/C=C/c3cn(Cc4ccc(Br)cc4)nn3)cc2)CC1. The third kappa shape index (κ3) is 7.68. The smallest absolute Gasteiger partial charge is 0.238 e. The average Bonchev–Trinajstić information content (AvgIpc) is 3.45. The van der Waals surface area contributed by atoms with Crippen LogP contribution in [0.3, 0.4) is 0 Å². The molecule has 3 aromatic carbocycles. The van der Waals surface area contributed by atoms with Gasteiger partial charge in [0.15, 0.2) is 5.78 Å². The van der Waals surface area contributed by atoms with Crippen LogP contribution in [0.15, 0.2) is 89.5 Å². The van der Waals surface area contributed by atoms with Gasteiger partial charge in [0.25, 0.3) is 0 Å². The molecular formula is C31H31BrN6O3. The maximum Gasteiger partial charge on any atom is 0.238 e. The molecule has 1 aliphatic rings. The van der Waals surface area contributed by atoms with Crippen LogP contribution in [0.5, 0.6) is 5.75 Å². The Morgan fingerprint density at radius 3 is 2.44 bits per heavy atom. The number of allylic oxidation sites excluding steroid dienone is 1. The van der Waals surface area contributed by atoms with Gasteiger partial charge in [-0.1, -0.05) is 45.4 Å². The molecule has 1 aliphatic heterocycles. The van der Waals surface area contributed by atoms with Crippen molar-refractivity contribution in [3.8, 4) is 5.75 Å². The van der Waals surface area contributed by atoms with Crippen LogP contribution in [0.25, 0.3) is 6.08 Å². The summed E-state index contributed by atoms with van der Waals surface area (Å²) >= 11 is 3.43. The zero-order valence-corrected chi connectivity index (χ0v) is 24.3. The number of hydrogen-bond donors (Lipinski definition) is 1. The number of halogens is 1. The van der Waals surface area contributed by atoms with Crippen LogP contribution >= 0.6 is 15.9 Å². The highest BCUT2D eigenvalue weighted by Gasteiger charge is 2.21. The number of para-hydroxylation sites is 2. The van der Waals surface area contributed by atoms with Gasteiger partial charge < -0.3 is 15.0 Å². The number of carbonyl (C=O) groups excluding carboxylic acids is 2. The van der Waals surface area contributed by atoms with Gasteiger partial charge in [-0.2, -0.15) is 0 Å². The van der Waals surface area contributed by atoms with E-state index in [1.165, 1.54) is 6.08 Å². The van der Waals surface area contributed by atoms with Crippen LogP contribution < -0.4 is 15.0 Å². The summed E-state index contributed by atoms with van der Waals surface area (Å²) in [6, 6.07) is 22.9. The minimum absolute atomic E-state index is 0.0825. The number of hydrogen-bond acceptors (Lipinski definition) is 7. The number of nitrogens with one attached hydrogen (secondary N) is 1. The molecule has 0 saturated carbocycles. The molecule has 10 heteroatoms. The predicted molar refractivity (Wildman–Crippen MR) is 163 cm³/mol. The summed E-state index contributed by atoms with van der Waals surface area (Å²) in [4.78, 5) is 29.7. The number of aromatic nitrogens is 3. The van der Waals surface area contributed by atoms with Crippen LogP contribution in [0.2, 0.25) is 0 Å². The van der Waals surface area contributed by atoms with Crippen LogP contribution in [0.1, 0.15) is 21.6 Å². The number of benzene rings is 3. The summed E-state index contributed by atoms with van der Waals surface area (Å²) in [5, 5.41) is 11.2. The van der Waals surface area contributed by atoms with E-state index in [1.807, 2.05) is 42.5 Å². The lowest BCUT2D eigenvalue weighted by Crippen LogP contribution is -2.48. The second kappa shape index (κ2) is 13.4. The maximum atomic E-state index is 12.7. The summed E-state index contributed by atoms with van der Waals surface area (Å²) < 4.78 is 8.23. The summed E-state index contributed by atoms with van der Waals surface area (Å²) in [6.45, 7) is 4.10. The van der Waals surface area contributed by atoms with Crippen molar-refractivity contribution in [3.05, 3.63) is 106 Å². The number of nitrogens with zero attached hydrogens (tertiary/aromatic N) is 5. The molecule has 0 aliphatic carbocycles. The van der Waals surface area contributed by atoms with E-state index in [-0.39, 0.29) is 11.7 Å². The Morgan fingerprint density at radius 1 is 0.976 bits per heavy atom. The molecule has 2 heterocycles. The third-order valence-corrected chi connectivity index (χ3v) is 7.37. The Balaban J connectivity index is 1.08. The van der Waals surface area contributed by atoms with Crippen LogP contribution in [0, 0.1) is 0 Å². The van der Waals surface area contributed by atoms with Crippen LogP contribution in [0.4, 0.5) is 11.4 Å². The average molecular weight is 616 g/mol. The van der Waals surface area contributed by atoms with Crippen molar-refractivity contribution in [2.75, 3.05) is 50.1 Å². The Morgan fingerprint density at radius 2 is 1.71 bits per heavy atom. The molecule has 4 aromatic rings. The summed E-state index contributed by atoms with van der Waals surface area (Å²) in [6.07, 6.45) is 4.92. The second-order valence-corrected chi connectivity index (χ2v) is 10.6. The molecule has 0 bridgehead atoms. The Labute approximate surface area is 247 Å². The molecule has 1 saturated heterocycles. The van der Waals surface area contributed by atoms with Gasteiger partial charge in [-0.25, -0.2) is 4.68 Å². The number of ketones is 1. The first-order valence-corrected chi connectivity index (χ1v) is 14.1. The quantitative estimate of drug-likeness (QED) is 0.203. The molecule has 1 fully saturated rings. The van der Waals surface area contributed by atoms with Crippen molar-refractivity contribution >= 4 is 45.1 Å². The predicted octanol–water partition coefficient (Wildman–Crippen LogP) is 4.75. The lowest BCUT2D eigenvalue weighted by molar-refractivity contribution is -0.117. The first kappa shape index (κ1) is 28.3. The zero-order valence-electron chi connectivity index (χ0n) is 22.7. The molecule has 0 radical (unpaired) electrons. The van der Waals surface area contributed by atoms with E-state index in [1.54, 1.807) is 48.3 Å².